The van der Waals surface area contributed by atoms with Gasteiger partial charge in [0.1, 0.15) is 12.4 Å². The number of hydrogen-bond donors (Lipinski definition) is 1. The van der Waals surface area contributed by atoms with Crippen molar-refractivity contribution >= 4 is 11.5 Å². The van der Waals surface area contributed by atoms with Gasteiger partial charge in [-0.05, 0) is 12.0 Å². The number of nitrogens with two attached hydrogens (primary N) is 1. The molecule has 0 radical (unpaired) electrons. The van der Waals surface area contributed by atoms with Crippen LogP contribution in [0.25, 0.3) is 0 Å². The highest BCUT2D eigenvalue weighted by Gasteiger charge is 2.16. The van der Waals surface area contributed by atoms with Crippen molar-refractivity contribution in [1.29, 1.82) is 0 Å². The second-order valence-electron chi connectivity index (χ2n) is 4.13. The van der Waals surface area contributed by atoms with Crippen molar-refractivity contribution in [1.82, 2.24) is 4.98 Å². The minimum absolute atomic E-state index is 0.0758. The Hall–Kier alpha value is -1.89. The van der Waals surface area contributed by atoms with E-state index in [4.69, 9.17) is 15.2 Å². The van der Waals surface area contributed by atoms with Gasteiger partial charge in [0, 0.05) is 12.7 Å². The Kier molecular flexibility index (Phi) is 5.31. The molecule has 1 aromatic heterocycles. The third kappa shape index (κ3) is 4.54. The van der Waals surface area contributed by atoms with Crippen molar-refractivity contribution in [2.24, 2.45) is 5.92 Å². The Balaban J connectivity index is 2.50. The van der Waals surface area contributed by atoms with Crippen LogP contribution >= 0.6 is 0 Å². The second-order valence-corrected chi connectivity index (χ2v) is 4.13. The number of pyridine rings is 1. The fraction of sp³-hybridized carbons (Fsp3) is 0.545. The molecule has 1 rings (SSSR count). The van der Waals surface area contributed by atoms with Crippen LogP contribution in [0.15, 0.2) is 12.1 Å². The first-order valence-electron chi connectivity index (χ1n) is 5.62. The summed E-state index contributed by atoms with van der Waals surface area (Å²) in [5, 5.41) is 10.7. The van der Waals surface area contributed by atoms with Crippen LogP contribution in [0.5, 0.6) is 5.88 Å². The first-order chi connectivity index (χ1) is 8.50. The highest BCUT2D eigenvalue weighted by molar-refractivity contribution is 5.46. The largest absolute Gasteiger partial charge is 0.470 e. The number of aromatic nitrogens is 1. The second kappa shape index (κ2) is 6.75. The Morgan fingerprint density at radius 1 is 1.44 bits per heavy atom. The third-order valence-corrected chi connectivity index (χ3v) is 1.98. The minimum Gasteiger partial charge on any atom is -0.470 e. The zero-order valence-corrected chi connectivity index (χ0v) is 10.5. The molecule has 100 valence electrons. The minimum atomic E-state index is -0.559. The van der Waals surface area contributed by atoms with E-state index in [0.29, 0.717) is 19.1 Å². The molecular formula is C11H17N3O4. The first kappa shape index (κ1) is 14.2. The SMILES string of the molecule is CC(C)COCCOc1nc(N)ccc1[N+](=O)[O-]. The highest BCUT2D eigenvalue weighted by atomic mass is 16.6. The normalized spacial score (nSPS) is 10.6. The van der Waals surface area contributed by atoms with Gasteiger partial charge in [-0.2, -0.15) is 4.98 Å². The maximum absolute atomic E-state index is 10.7. The van der Waals surface area contributed by atoms with E-state index in [2.05, 4.69) is 4.98 Å². The molecule has 0 bridgehead atoms. The molecule has 0 aliphatic carbocycles. The lowest BCUT2D eigenvalue weighted by molar-refractivity contribution is -0.386. The van der Waals surface area contributed by atoms with E-state index >= 15 is 0 Å². The van der Waals surface area contributed by atoms with Crippen LogP contribution < -0.4 is 10.5 Å². The van der Waals surface area contributed by atoms with Gasteiger partial charge in [-0.1, -0.05) is 13.8 Å². The number of anilines is 1. The molecule has 0 aliphatic rings. The molecule has 1 aromatic rings. The van der Waals surface area contributed by atoms with Gasteiger partial charge in [-0.15, -0.1) is 0 Å². The van der Waals surface area contributed by atoms with Crippen LogP contribution in [0.2, 0.25) is 0 Å². The summed E-state index contributed by atoms with van der Waals surface area (Å²) in [5.74, 6) is 0.539. The average molecular weight is 255 g/mol. The fourth-order valence-corrected chi connectivity index (χ4v) is 1.21. The lowest BCUT2D eigenvalue weighted by Crippen LogP contribution is -2.11. The van der Waals surface area contributed by atoms with Crippen molar-refractivity contribution in [3.8, 4) is 5.88 Å². The monoisotopic (exact) mass is 255 g/mol. The smallest absolute Gasteiger partial charge is 0.331 e. The molecule has 0 atom stereocenters. The van der Waals surface area contributed by atoms with Gasteiger partial charge >= 0.3 is 5.69 Å². The Bertz CT molecular complexity index is 409. The zero-order valence-electron chi connectivity index (χ0n) is 10.5. The fourth-order valence-electron chi connectivity index (χ4n) is 1.21. The number of nitrogen functional groups attached to an aromatic ring is 1. The molecular weight excluding hydrogens is 238 g/mol. The average Bonchev–Trinajstić information content (AvgIpc) is 2.27. The van der Waals surface area contributed by atoms with Gasteiger partial charge < -0.3 is 15.2 Å². The lowest BCUT2D eigenvalue weighted by atomic mass is 10.2. The van der Waals surface area contributed by atoms with Crippen LogP contribution in [-0.2, 0) is 4.74 Å². The zero-order chi connectivity index (χ0) is 13.5. The van der Waals surface area contributed by atoms with Gasteiger partial charge in [0.05, 0.1) is 11.5 Å². The predicted octanol–water partition coefficient (Wildman–Crippen LogP) is 1.62. The molecule has 0 spiro atoms. The van der Waals surface area contributed by atoms with E-state index in [-0.39, 0.29) is 24.0 Å². The molecule has 0 aliphatic heterocycles. The van der Waals surface area contributed by atoms with Crippen LogP contribution in [0.4, 0.5) is 11.5 Å². The summed E-state index contributed by atoms with van der Waals surface area (Å²) in [4.78, 5) is 14.0. The standard InChI is InChI=1S/C11H17N3O4/c1-8(2)7-17-5-6-18-11-9(14(15)16)3-4-10(12)13-11/h3-4,8H,5-7H2,1-2H3,(H2,12,13). The number of ether oxygens (including phenoxy) is 2. The maximum Gasteiger partial charge on any atom is 0.331 e. The van der Waals surface area contributed by atoms with Crippen LogP contribution in [-0.4, -0.2) is 29.7 Å². The number of nitro groups is 1. The lowest BCUT2D eigenvalue weighted by Gasteiger charge is -2.08. The van der Waals surface area contributed by atoms with Crippen molar-refractivity contribution < 1.29 is 14.4 Å². The third-order valence-electron chi connectivity index (χ3n) is 1.98. The highest BCUT2D eigenvalue weighted by Crippen LogP contribution is 2.24. The Labute approximate surface area is 105 Å². The molecule has 0 saturated carbocycles. The van der Waals surface area contributed by atoms with Crippen LogP contribution in [0.3, 0.4) is 0 Å². The van der Waals surface area contributed by atoms with Gasteiger partial charge in [-0.25, -0.2) is 0 Å². The molecule has 0 aromatic carbocycles. The molecule has 7 nitrogen and oxygen atoms in total. The molecule has 0 amide bonds. The topological polar surface area (TPSA) is 101 Å². The van der Waals surface area contributed by atoms with Gasteiger partial charge in [0.2, 0.25) is 0 Å². The van der Waals surface area contributed by atoms with Crippen molar-refractivity contribution in [2.45, 2.75) is 13.8 Å². The first-order valence-corrected chi connectivity index (χ1v) is 5.62. The van der Waals surface area contributed by atoms with Gasteiger partial charge in [-0.3, -0.25) is 10.1 Å². The number of rotatable bonds is 7. The Morgan fingerprint density at radius 2 is 2.17 bits per heavy atom. The predicted molar refractivity (Wildman–Crippen MR) is 66.5 cm³/mol. The summed E-state index contributed by atoms with van der Waals surface area (Å²) in [6, 6.07) is 2.63. The summed E-state index contributed by atoms with van der Waals surface area (Å²) in [7, 11) is 0. The number of nitrogens with zero attached hydrogens (tertiary/aromatic N) is 2. The maximum atomic E-state index is 10.7. The van der Waals surface area contributed by atoms with Crippen molar-refractivity contribution in [2.75, 3.05) is 25.6 Å². The molecule has 1 heterocycles. The van der Waals surface area contributed by atoms with Crippen molar-refractivity contribution in [3.63, 3.8) is 0 Å². The van der Waals surface area contributed by atoms with Gasteiger partial charge in [0.25, 0.3) is 5.88 Å². The summed E-state index contributed by atoms with van der Waals surface area (Å²) >= 11 is 0. The molecule has 0 saturated heterocycles. The Morgan fingerprint density at radius 3 is 2.78 bits per heavy atom. The quantitative estimate of drug-likeness (QED) is 0.451. The van der Waals surface area contributed by atoms with E-state index in [0.717, 1.165) is 0 Å². The van der Waals surface area contributed by atoms with Crippen LogP contribution in [0, 0.1) is 16.0 Å². The number of hydrogen-bond acceptors (Lipinski definition) is 6. The van der Waals surface area contributed by atoms with Gasteiger partial charge in [0.15, 0.2) is 0 Å². The van der Waals surface area contributed by atoms with E-state index in [1.165, 1.54) is 12.1 Å². The van der Waals surface area contributed by atoms with Crippen molar-refractivity contribution in [3.05, 3.63) is 22.2 Å². The van der Waals surface area contributed by atoms with Crippen LogP contribution in [0.1, 0.15) is 13.8 Å². The van der Waals surface area contributed by atoms with E-state index < -0.39 is 4.92 Å². The molecule has 18 heavy (non-hydrogen) atoms. The molecule has 0 fully saturated rings. The summed E-state index contributed by atoms with van der Waals surface area (Å²) < 4.78 is 10.5. The molecule has 2 N–H and O–H groups in total. The molecule has 0 unspecified atom stereocenters. The summed E-state index contributed by atoms with van der Waals surface area (Å²) in [6.07, 6.45) is 0. The van der Waals surface area contributed by atoms with E-state index in [1.54, 1.807) is 0 Å². The van der Waals surface area contributed by atoms with E-state index in [9.17, 15) is 10.1 Å². The molecule has 7 heteroatoms. The summed E-state index contributed by atoms with van der Waals surface area (Å²) in [5.41, 5.74) is 5.25. The van der Waals surface area contributed by atoms with E-state index in [1.807, 2.05) is 13.8 Å². The summed E-state index contributed by atoms with van der Waals surface area (Å²) in [6.45, 7) is 5.24.